The first-order valence-corrected chi connectivity index (χ1v) is 5.79. The van der Waals surface area contributed by atoms with Crippen molar-refractivity contribution in [2.75, 3.05) is 31.7 Å². The van der Waals surface area contributed by atoms with Gasteiger partial charge in [0, 0.05) is 7.05 Å². The van der Waals surface area contributed by atoms with Crippen molar-refractivity contribution in [3.63, 3.8) is 0 Å². The van der Waals surface area contributed by atoms with E-state index in [9.17, 15) is 4.79 Å². The van der Waals surface area contributed by atoms with Gasteiger partial charge < -0.3 is 14.4 Å². The molecule has 1 aromatic rings. The third-order valence-corrected chi connectivity index (χ3v) is 2.79. The fourth-order valence-electron chi connectivity index (χ4n) is 1.95. The first-order chi connectivity index (χ1) is 8.13. The van der Waals surface area contributed by atoms with Crippen LogP contribution in [-0.2, 0) is 4.74 Å². The number of esters is 1. The summed E-state index contributed by atoms with van der Waals surface area (Å²) >= 11 is 0. The molecule has 1 heterocycles. The molecule has 0 aliphatic carbocycles. The molecule has 0 N–H and O–H groups in total. The van der Waals surface area contributed by atoms with Crippen LogP contribution in [0.2, 0.25) is 0 Å². The summed E-state index contributed by atoms with van der Waals surface area (Å²) in [5.41, 5.74) is 2.51. The number of anilines is 1. The maximum atomic E-state index is 11.9. The van der Waals surface area contributed by atoms with Crippen LogP contribution in [0.4, 0.5) is 5.69 Å². The molecule has 4 heteroatoms. The Bertz CT molecular complexity index is 443. The van der Waals surface area contributed by atoms with E-state index in [0.29, 0.717) is 24.5 Å². The molecule has 0 unspecified atom stereocenters. The second-order valence-electron chi connectivity index (χ2n) is 4.15. The van der Waals surface area contributed by atoms with Gasteiger partial charge in [-0.25, -0.2) is 4.79 Å². The van der Waals surface area contributed by atoms with Gasteiger partial charge in [0.1, 0.15) is 12.2 Å². The second kappa shape index (κ2) is 4.65. The molecule has 0 saturated heterocycles. The zero-order valence-corrected chi connectivity index (χ0v) is 10.4. The number of nitrogens with zero attached hydrogens (tertiary/aromatic N) is 1. The Kier molecular flexibility index (Phi) is 3.22. The van der Waals surface area contributed by atoms with E-state index in [1.165, 1.54) is 0 Å². The molecule has 0 saturated carbocycles. The number of carbonyl (C=O) groups excluding carboxylic acids is 1. The lowest BCUT2D eigenvalue weighted by molar-refractivity contribution is 0.0521. The average Bonchev–Trinajstić information content (AvgIpc) is 2.30. The molecule has 0 radical (unpaired) electrons. The van der Waals surface area contributed by atoms with Crippen molar-refractivity contribution in [1.29, 1.82) is 0 Å². The van der Waals surface area contributed by atoms with Crippen LogP contribution in [0.3, 0.4) is 0 Å². The van der Waals surface area contributed by atoms with Crippen molar-refractivity contribution in [3.05, 3.63) is 23.3 Å². The highest BCUT2D eigenvalue weighted by Crippen LogP contribution is 2.35. The molecule has 1 aliphatic rings. The SMILES string of the molecule is CCOC(=O)c1cc(C)cc2c1OCCN2C. The summed E-state index contributed by atoms with van der Waals surface area (Å²) in [4.78, 5) is 13.9. The van der Waals surface area contributed by atoms with Crippen molar-refractivity contribution in [1.82, 2.24) is 0 Å². The number of hydrogen-bond acceptors (Lipinski definition) is 4. The summed E-state index contributed by atoms with van der Waals surface area (Å²) < 4.78 is 10.7. The Morgan fingerprint density at radius 3 is 3.00 bits per heavy atom. The molecule has 0 spiro atoms. The van der Waals surface area contributed by atoms with Crippen LogP contribution >= 0.6 is 0 Å². The van der Waals surface area contributed by atoms with Crippen LogP contribution in [0.15, 0.2) is 12.1 Å². The summed E-state index contributed by atoms with van der Waals surface area (Å²) in [6.07, 6.45) is 0. The molecule has 2 rings (SSSR count). The molecule has 0 aromatic heterocycles. The minimum atomic E-state index is -0.317. The van der Waals surface area contributed by atoms with Gasteiger partial charge in [-0.1, -0.05) is 0 Å². The van der Waals surface area contributed by atoms with E-state index >= 15 is 0 Å². The smallest absolute Gasteiger partial charge is 0.342 e. The standard InChI is InChI=1S/C13H17NO3/c1-4-16-13(15)10-7-9(2)8-11-12(10)17-6-5-14(11)3/h7-8H,4-6H2,1-3H3. The van der Waals surface area contributed by atoms with Crippen molar-refractivity contribution >= 4 is 11.7 Å². The molecule has 4 nitrogen and oxygen atoms in total. The number of likely N-dealkylation sites (N-methyl/N-ethyl adjacent to an activating group) is 1. The molecule has 1 aromatic carbocycles. The zero-order chi connectivity index (χ0) is 12.4. The normalized spacial score (nSPS) is 13.9. The van der Waals surface area contributed by atoms with E-state index < -0.39 is 0 Å². The molecule has 0 fully saturated rings. The van der Waals surface area contributed by atoms with Gasteiger partial charge in [-0.3, -0.25) is 0 Å². The van der Waals surface area contributed by atoms with Crippen molar-refractivity contribution in [2.24, 2.45) is 0 Å². The van der Waals surface area contributed by atoms with Gasteiger partial charge in [-0.05, 0) is 31.5 Å². The fourth-order valence-corrected chi connectivity index (χ4v) is 1.95. The van der Waals surface area contributed by atoms with Crippen LogP contribution in [0, 0.1) is 6.92 Å². The fraction of sp³-hybridized carbons (Fsp3) is 0.462. The number of rotatable bonds is 2. The van der Waals surface area contributed by atoms with Crippen LogP contribution < -0.4 is 9.64 Å². The van der Waals surface area contributed by atoms with Crippen molar-refractivity contribution in [3.8, 4) is 5.75 Å². The molecule has 0 amide bonds. The summed E-state index contributed by atoms with van der Waals surface area (Å²) in [5, 5.41) is 0. The quantitative estimate of drug-likeness (QED) is 0.735. The van der Waals surface area contributed by atoms with Gasteiger partial charge in [0.2, 0.25) is 0 Å². The second-order valence-corrected chi connectivity index (χ2v) is 4.15. The van der Waals surface area contributed by atoms with Crippen molar-refractivity contribution < 1.29 is 14.3 Å². The van der Waals surface area contributed by atoms with Gasteiger partial charge in [0.05, 0.1) is 18.8 Å². The lowest BCUT2D eigenvalue weighted by atomic mass is 10.1. The van der Waals surface area contributed by atoms with E-state index in [4.69, 9.17) is 9.47 Å². The van der Waals surface area contributed by atoms with Gasteiger partial charge in [-0.2, -0.15) is 0 Å². The van der Waals surface area contributed by atoms with Gasteiger partial charge in [0.15, 0.2) is 5.75 Å². The number of fused-ring (bicyclic) bond motifs is 1. The molecule has 0 bridgehead atoms. The Labute approximate surface area is 101 Å². The third kappa shape index (κ3) is 2.20. The number of aryl methyl sites for hydroxylation is 1. The van der Waals surface area contributed by atoms with Gasteiger partial charge >= 0.3 is 5.97 Å². The average molecular weight is 235 g/mol. The van der Waals surface area contributed by atoms with E-state index in [0.717, 1.165) is 17.8 Å². The molecular weight excluding hydrogens is 218 g/mol. The maximum absolute atomic E-state index is 11.9. The van der Waals surface area contributed by atoms with Crippen LogP contribution in [0.5, 0.6) is 5.75 Å². The van der Waals surface area contributed by atoms with Gasteiger partial charge in [0.25, 0.3) is 0 Å². The number of hydrogen-bond donors (Lipinski definition) is 0. The van der Waals surface area contributed by atoms with E-state index in [2.05, 4.69) is 4.90 Å². The van der Waals surface area contributed by atoms with E-state index in [1.54, 1.807) is 6.92 Å². The lowest BCUT2D eigenvalue weighted by Crippen LogP contribution is -2.30. The topological polar surface area (TPSA) is 38.8 Å². The number of benzene rings is 1. The van der Waals surface area contributed by atoms with Gasteiger partial charge in [-0.15, -0.1) is 0 Å². The highest BCUT2D eigenvalue weighted by molar-refractivity contribution is 5.95. The van der Waals surface area contributed by atoms with E-state index in [-0.39, 0.29) is 5.97 Å². The summed E-state index contributed by atoms with van der Waals surface area (Å²) in [5.74, 6) is 0.325. The Morgan fingerprint density at radius 2 is 2.29 bits per heavy atom. The Balaban J connectivity index is 2.48. The van der Waals surface area contributed by atoms with Crippen molar-refractivity contribution in [2.45, 2.75) is 13.8 Å². The highest BCUT2D eigenvalue weighted by atomic mass is 16.5. The Morgan fingerprint density at radius 1 is 1.53 bits per heavy atom. The summed E-state index contributed by atoms with van der Waals surface area (Å²) in [7, 11) is 2.00. The molecule has 1 aliphatic heterocycles. The Hall–Kier alpha value is -1.71. The predicted octanol–water partition coefficient (Wildman–Crippen LogP) is 2.00. The van der Waals surface area contributed by atoms with Crippen LogP contribution in [0.25, 0.3) is 0 Å². The third-order valence-electron chi connectivity index (χ3n) is 2.79. The minimum Gasteiger partial charge on any atom is -0.489 e. The van der Waals surface area contributed by atoms with Crippen LogP contribution in [0.1, 0.15) is 22.8 Å². The minimum absolute atomic E-state index is 0.317. The van der Waals surface area contributed by atoms with E-state index in [1.807, 2.05) is 26.1 Å². The summed E-state index contributed by atoms with van der Waals surface area (Å²) in [6.45, 7) is 5.56. The predicted molar refractivity (Wildman–Crippen MR) is 65.9 cm³/mol. The molecule has 92 valence electrons. The first-order valence-electron chi connectivity index (χ1n) is 5.79. The maximum Gasteiger partial charge on any atom is 0.342 e. The lowest BCUT2D eigenvalue weighted by Gasteiger charge is -2.29. The number of carbonyl (C=O) groups is 1. The summed E-state index contributed by atoms with van der Waals surface area (Å²) in [6, 6.07) is 3.84. The number of ether oxygens (including phenoxy) is 2. The largest absolute Gasteiger partial charge is 0.489 e. The monoisotopic (exact) mass is 235 g/mol. The highest BCUT2D eigenvalue weighted by Gasteiger charge is 2.23. The first kappa shape index (κ1) is 11.8. The van der Waals surface area contributed by atoms with Crippen LogP contribution in [-0.4, -0.2) is 32.8 Å². The zero-order valence-electron chi connectivity index (χ0n) is 10.4. The molecular formula is C13H17NO3. The molecule has 0 atom stereocenters. The molecule has 17 heavy (non-hydrogen) atoms.